The van der Waals surface area contributed by atoms with Crippen molar-refractivity contribution in [1.29, 1.82) is 0 Å². The molecule has 0 saturated carbocycles. The molecule has 0 unspecified atom stereocenters. The van der Waals surface area contributed by atoms with Crippen LogP contribution in [0.5, 0.6) is 0 Å². The van der Waals surface area contributed by atoms with E-state index in [0.717, 1.165) is 0 Å². The Labute approximate surface area is 229 Å². The topological polar surface area (TPSA) is 0 Å². The quantitative estimate of drug-likeness (QED) is 0.0911. The minimum absolute atomic E-state index is 1.19. The summed E-state index contributed by atoms with van der Waals surface area (Å²) >= 11 is 0. The monoisotopic (exact) mass is 498 g/mol. The molecule has 5 aromatic carbocycles. The molecule has 0 atom stereocenters. The summed E-state index contributed by atoms with van der Waals surface area (Å²) in [5.74, 6) is 0. The highest BCUT2D eigenvalue weighted by Gasteiger charge is 2.03. The first kappa shape index (κ1) is 26.2. The molecule has 0 fully saturated rings. The summed E-state index contributed by atoms with van der Waals surface area (Å²) in [7, 11) is 0. The zero-order valence-electron chi connectivity index (χ0n) is 23.3. The SMILES string of the molecule is CCCCCCc1ccc2cc(C=Cc3ccc4cc5cc(CCCCCC)ccc5cc4c3)ccc2c1. The van der Waals surface area contributed by atoms with Gasteiger partial charge in [-0.25, -0.2) is 0 Å². The van der Waals surface area contributed by atoms with Gasteiger partial charge in [0.25, 0.3) is 0 Å². The molecule has 5 rings (SSSR count). The first-order valence-corrected chi connectivity index (χ1v) is 14.9. The lowest BCUT2D eigenvalue weighted by atomic mass is 9.98. The van der Waals surface area contributed by atoms with Crippen LogP contribution in [0.3, 0.4) is 0 Å². The molecule has 0 spiro atoms. The van der Waals surface area contributed by atoms with Gasteiger partial charge in [0, 0.05) is 0 Å². The van der Waals surface area contributed by atoms with Gasteiger partial charge in [0.15, 0.2) is 0 Å². The van der Waals surface area contributed by atoms with Crippen LogP contribution in [0.4, 0.5) is 0 Å². The summed E-state index contributed by atoms with van der Waals surface area (Å²) in [4.78, 5) is 0. The summed E-state index contributed by atoms with van der Waals surface area (Å²) in [6.07, 6.45) is 17.4. The fourth-order valence-electron chi connectivity index (χ4n) is 5.60. The van der Waals surface area contributed by atoms with E-state index in [-0.39, 0.29) is 0 Å². The molecular formula is C38H42. The lowest BCUT2D eigenvalue weighted by Gasteiger charge is -2.07. The van der Waals surface area contributed by atoms with Crippen LogP contribution in [-0.2, 0) is 12.8 Å². The molecule has 0 aliphatic carbocycles. The summed E-state index contributed by atoms with van der Waals surface area (Å²) in [5, 5.41) is 7.97. The number of aryl methyl sites for hydroxylation is 2. The van der Waals surface area contributed by atoms with Gasteiger partial charge in [-0.3, -0.25) is 0 Å². The molecule has 0 radical (unpaired) electrons. The van der Waals surface area contributed by atoms with Gasteiger partial charge in [-0.1, -0.05) is 125 Å². The fraction of sp³-hybridized carbons (Fsp3) is 0.316. The van der Waals surface area contributed by atoms with Crippen molar-refractivity contribution in [3.05, 3.63) is 107 Å². The largest absolute Gasteiger partial charge is 0.0654 e. The molecule has 194 valence electrons. The summed E-state index contributed by atoms with van der Waals surface area (Å²) < 4.78 is 0. The molecule has 0 heteroatoms. The van der Waals surface area contributed by atoms with E-state index >= 15 is 0 Å². The van der Waals surface area contributed by atoms with Gasteiger partial charge in [-0.2, -0.15) is 0 Å². The van der Waals surface area contributed by atoms with Crippen molar-refractivity contribution in [2.24, 2.45) is 0 Å². The first-order valence-electron chi connectivity index (χ1n) is 14.9. The number of hydrogen-bond acceptors (Lipinski definition) is 0. The molecule has 0 aliphatic heterocycles. The van der Waals surface area contributed by atoms with E-state index < -0.39 is 0 Å². The maximum atomic E-state index is 2.39. The second-order valence-corrected chi connectivity index (χ2v) is 11.0. The second kappa shape index (κ2) is 12.9. The van der Waals surface area contributed by atoms with Crippen LogP contribution < -0.4 is 0 Å². The van der Waals surface area contributed by atoms with Gasteiger partial charge in [0.1, 0.15) is 0 Å². The molecule has 0 bridgehead atoms. The van der Waals surface area contributed by atoms with Crippen LogP contribution >= 0.6 is 0 Å². The van der Waals surface area contributed by atoms with Crippen molar-refractivity contribution in [3.8, 4) is 0 Å². The fourth-order valence-corrected chi connectivity index (χ4v) is 5.60. The summed E-state index contributed by atoms with van der Waals surface area (Å²) in [5.41, 5.74) is 5.42. The molecule has 0 saturated heterocycles. The van der Waals surface area contributed by atoms with Crippen LogP contribution in [0, 0.1) is 0 Å². The Hall–Kier alpha value is -3.38. The minimum Gasteiger partial charge on any atom is -0.0654 e. The molecular weight excluding hydrogens is 456 g/mol. The highest BCUT2D eigenvalue weighted by Crippen LogP contribution is 2.27. The van der Waals surface area contributed by atoms with Gasteiger partial charge in [-0.05, 0) is 105 Å². The third-order valence-corrected chi connectivity index (χ3v) is 7.92. The maximum absolute atomic E-state index is 2.39. The van der Waals surface area contributed by atoms with Crippen LogP contribution in [0.2, 0.25) is 0 Å². The molecule has 0 heterocycles. The second-order valence-electron chi connectivity index (χ2n) is 11.0. The Bertz CT molecular complexity index is 1530. The van der Waals surface area contributed by atoms with Crippen molar-refractivity contribution in [2.75, 3.05) is 0 Å². The highest BCUT2D eigenvalue weighted by molar-refractivity contribution is 5.99. The highest BCUT2D eigenvalue weighted by atomic mass is 14.1. The maximum Gasteiger partial charge on any atom is -0.0172 e. The standard InChI is InChI=1S/C38H42/c1-3-5-7-9-11-29-15-19-34-24-31(17-20-33(34)23-29)13-14-32-18-22-36-27-37-25-30(12-10-8-6-4-2)16-21-35(37)28-38(36)26-32/h13-28H,3-12H2,1-2H3. The van der Waals surface area contributed by atoms with E-state index in [1.54, 1.807) is 0 Å². The van der Waals surface area contributed by atoms with Gasteiger partial charge in [-0.15, -0.1) is 0 Å². The Morgan fingerprint density at radius 2 is 0.816 bits per heavy atom. The Morgan fingerprint density at radius 1 is 0.395 bits per heavy atom. The van der Waals surface area contributed by atoms with Crippen molar-refractivity contribution < 1.29 is 0 Å². The van der Waals surface area contributed by atoms with E-state index in [1.807, 2.05) is 0 Å². The smallest absolute Gasteiger partial charge is 0.0172 e. The Kier molecular flexibility index (Phi) is 8.92. The van der Waals surface area contributed by atoms with Gasteiger partial charge >= 0.3 is 0 Å². The van der Waals surface area contributed by atoms with E-state index in [9.17, 15) is 0 Å². The zero-order chi connectivity index (χ0) is 26.2. The van der Waals surface area contributed by atoms with E-state index in [1.165, 1.54) is 119 Å². The van der Waals surface area contributed by atoms with Crippen LogP contribution in [0.1, 0.15) is 87.5 Å². The predicted octanol–water partition coefficient (Wildman–Crippen LogP) is 11.6. The van der Waals surface area contributed by atoms with E-state index in [2.05, 4.69) is 111 Å². The third kappa shape index (κ3) is 6.73. The lowest BCUT2D eigenvalue weighted by molar-refractivity contribution is 0.667. The van der Waals surface area contributed by atoms with Crippen molar-refractivity contribution in [3.63, 3.8) is 0 Å². The lowest BCUT2D eigenvalue weighted by Crippen LogP contribution is -1.87. The molecule has 5 aromatic rings. The predicted molar refractivity (Wildman–Crippen MR) is 170 cm³/mol. The number of benzene rings is 5. The van der Waals surface area contributed by atoms with Crippen molar-refractivity contribution >= 4 is 44.5 Å². The van der Waals surface area contributed by atoms with Crippen molar-refractivity contribution in [2.45, 2.75) is 78.1 Å². The molecule has 0 N–H and O–H groups in total. The number of unbranched alkanes of at least 4 members (excludes halogenated alkanes) is 6. The van der Waals surface area contributed by atoms with Crippen molar-refractivity contribution in [1.82, 2.24) is 0 Å². The average Bonchev–Trinajstić information content (AvgIpc) is 2.95. The first-order chi connectivity index (χ1) is 18.7. The Morgan fingerprint density at radius 3 is 1.37 bits per heavy atom. The summed E-state index contributed by atoms with van der Waals surface area (Å²) in [6.45, 7) is 4.55. The van der Waals surface area contributed by atoms with E-state index in [0.29, 0.717) is 0 Å². The minimum atomic E-state index is 1.19. The average molecular weight is 499 g/mol. The van der Waals surface area contributed by atoms with Crippen LogP contribution in [0.25, 0.3) is 44.5 Å². The number of hydrogen-bond donors (Lipinski definition) is 0. The zero-order valence-corrected chi connectivity index (χ0v) is 23.3. The number of fused-ring (bicyclic) bond motifs is 3. The molecule has 0 aromatic heterocycles. The Balaban J connectivity index is 1.29. The summed E-state index contributed by atoms with van der Waals surface area (Å²) in [6, 6.07) is 32.3. The molecule has 0 amide bonds. The third-order valence-electron chi connectivity index (χ3n) is 7.92. The van der Waals surface area contributed by atoms with Gasteiger partial charge in [0.2, 0.25) is 0 Å². The van der Waals surface area contributed by atoms with Crippen LogP contribution in [-0.4, -0.2) is 0 Å². The molecule has 0 nitrogen and oxygen atoms in total. The van der Waals surface area contributed by atoms with Gasteiger partial charge in [0.05, 0.1) is 0 Å². The van der Waals surface area contributed by atoms with E-state index in [4.69, 9.17) is 0 Å². The van der Waals surface area contributed by atoms with Gasteiger partial charge < -0.3 is 0 Å². The molecule has 0 aliphatic rings. The number of rotatable bonds is 12. The molecule has 38 heavy (non-hydrogen) atoms. The van der Waals surface area contributed by atoms with Crippen LogP contribution in [0.15, 0.2) is 84.9 Å². The normalized spacial score (nSPS) is 11.8.